The second-order valence-corrected chi connectivity index (χ2v) is 7.00. The molecular formula is C18H12BrN7O. The Morgan fingerprint density at radius 1 is 1.04 bits per heavy atom. The van der Waals surface area contributed by atoms with Gasteiger partial charge in [-0.15, -0.1) is 0 Å². The number of tetrazole rings is 1. The zero-order valence-electron chi connectivity index (χ0n) is 13.8. The third kappa shape index (κ3) is 2.55. The summed E-state index contributed by atoms with van der Waals surface area (Å²) < 4.78 is 2.63. The van der Waals surface area contributed by atoms with Gasteiger partial charge in [0.15, 0.2) is 0 Å². The topological polar surface area (TPSA) is 101 Å². The molecule has 3 heterocycles. The largest absolute Gasteiger partial charge is 0.318 e. The van der Waals surface area contributed by atoms with E-state index in [-0.39, 0.29) is 11.6 Å². The standard InChI is InChI=1S/C18H12BrN7O/c19-12-8-6-11(7-9-12)16-13-14(10-4-2-1-3-5-10)21-22-17(27)15(13)20-18-23-24-25-26(16)18/h1-9,16H,(H,22,27)(H,20,23,25)/t16-/m0/s1. The first-order valence-corrected chi connectivity index (χ1v) is 9.00. The van der Waals surface area contributed by atoms with Crippen LogP contribution < -0.4 is 10.9 Å². The Labute approximate surface area is 161 Å². The van der Waals surface area contributed by atoms with Crippen LogP contribution in [0, 0.1) is 0 Å². The number of hydrogen-bond donors (Lipinski definition) is 2. The Balaban J connectivity index is 1.83. The molecule has 1 aliphatic rings. The van der Waals surface area contributed by atoms with Crippen molar-refractivity contribution in [3.8, 4) is 11.3 Å². The van der Waals surface area contributed by atoms with E-state index < -0.39 is 0 Å². The number of aromatic amines is 1. The van der Waals surface area contributed by atoms with Crippen molar-refractivity contribution < 1.29 is 0 Å². The van der Waals surface area contributed by atoms with Gasteiger partial charge in [0.1, 0.15) is 11.7 Å². The average molecular weight is 422 g/mol. The summed E-state index contributed by atoms with van der Waals surface area (Å²) in [5, 5.41) is 21.9. The second-order valence-electron chi connectivity index (χ2n) is 6.08. The van der Waals surface area contributed by atoms with E-state index in [1.807, 2.05) is 54.6 Å². The molecule has 0 fully saturated rings. The highest BCUT2D eigenvalue weighted by molar-refractivity contribution is 9.10. The number of hydrogen-bond acceptors (Lipinski definition) is 6. The summed E-state index contributed by atoms with van der Waals surface area (Å²) in [6, 6.07) is 17.2. The number of rotatable bonds is 2. The quantitative estimate of drug-likeness (QED) is 0.454. The van der Waals surface area contributed by atoms with E-state index in [1.54, 1.807) is 4.68 Å². The highest BCUT2D eigenvalue weighted by Gasteiger charge is 2.34. The maximum atomic E-state index is 12.5. The van der Waals surface area contributed by atoms with E-state index in [2.05, 4.69) is 47.0 Å². The van der Waals surface area contributed by atoms with Gasteiger partial charge in [-0.05, 0) is 28.1 Å². The van der Waals surface area contributed by atoms with Gasteiger partial charge < -0.3 is 5.32 Å². The molecule has 1 aliphatic heterocycles. The SMILES string of the molecule is O=c1[nH]nc(-c2ccccc2)c2c1Nc1nnnn1[C@H]2c1ccc(Br)cc1. The van der Waals surface area contributed by atoms with Gasteiger partial charge in [0.05, 0.1) is 5.69 Å². The minimum atomic E-state index is -0.385. The molecule has 2 aromatic carbocycles. The van der Waals surface area contributed by atoms with Gasteiger partial charge in [-0.1, -0.05) is 63.5 Å². The Morgan fingerprint density at radius 2 is 1.81 bits per heavy atom. The van der Waals surface area contributed by atoms with E-state index in [0.29, 0.717) is 17.3 Å². The predicted octanol–water partition coefficient (Wildman–Crippen LogP) is 2.88. The Hall–Kier alpha value is -3.33. The smallest absolute Gasteiger partial charge is 0.288 e. The molecule has 0 radical (unpaired) electrons. The molecule has 0 amide bonds. The molecule has 9 heteroatoms. The lowest BCUT2D eigenvalue weighted by Crippen LogP contribution is -2.29. The zero-order valence-corrected chi connectivity index (χ0v) is 15.4. The third-order valence-electron chi connectivity index (χ3n) is 4.50. The van der Waals surface area contributed by atoms with Crippen LogP contribution >= 0.6 is 15.9 Å². The van der Waals surface area contributed by atoms with Crippen LogP contribution in [0.4, 0.5) is 11.6 Å². The number of nitrogens with zero attached hydrogens (tertiary/aromatic N) is 5. The number of halogens is 1. The summed E-state index contributed by atoms with van der Waals surface area (Å²) >= 11 is 3.46. The molecule has 27 heavy (non-hydrogen) atoms. The van der Waals surface area contributed by atoms with Crippen LogP contribution in [0.5, 0.6) is 0 Å². The first kappa shape index (κ1) is 15.9. The molecule has 0 aliphatic carbocycles. The van der Waals surface area contributed by atoms with E-state index in [0.717, 1.165) is 21.2 Å². The molecule has 0 spiro atoms. The van der Waals surface area contributed by atoms with Crippen LogP contribution in [-0.2, 0) is 0 Å². The highest BCUT2D eigenvalue weighted by atomic mass is 79.9. The van der Waals surface area contributed by atoms with Crippen LogP contribution in [0.15, 0.2) is 63.9 Å². The Bertz CT molecular complexity index is 1180. The lowest BCUT2D eigenvalue weighted by atomic mass is 9.92. The van der Waals surface area contributed by atoms with Gasteiger partial charge in [-0.2, -0.15) is 9.78 Å². The third-order valence-corrected chi connectivity index (χ3v) is 5.03. The molecule has 2 aromatic heterocycles. The molecule has 2 N–H and O–H groups in total. The van der Waals surface area contributed by atoms with Crippen LogP contribution in [0.25, 0.3) is 11.3 Å². The summed E-state index contributed by atoms with van der Waals surface area (Å²) in [6.45, 7) is 0. The highest BCUT2D eigenvalue weighted by Crippen LogP contribution is 2.41. The van der Waals surface area contributed by atoms with Gasteiger partial charge >= 0.3 is 0 Å². The zero-order chi connectivity index (χ0) is 18.4. The lowest BCUT2D eigenvalue weighted by Gasteiger charge is -2.27. The van der Waals surface area contributed by atoms with E-state index >= 15 is 0 Å². The molecule has 0 saturated heterocycles. The minimum absolute atomic E-state index is 0.318. The molecule has 5 rings (SSSR count). The first-order valence-electron chi connectivity index (χ1n) is 8.21. The van der Waals surface area contributed by atoms with Gasteiger partial charge in [-0.3, -0.25) is 4.79 Å². The van der Waals surface area contributed by atoms with E-state index in [1.165, 1.54) is 0 Å². The fourth-order valence-corrected chi connectivity index (χ4v) is 3.57. The molecule has 8 nitrogen and oxygen atoms in total. The van der Waals surface area contributed by atoms with Crippen molar-refractivity contribution in [2.75, 3.05) is 5.32 Å². The van der Waals surface area contributed by atoms with Crippen molar-refractivity contribution in [1.29, 1.82) is 0 Å². The number of aromatic nitrogens is 6. The summed E-state index contributed by atoms with van der Waals surface area (Å²) in [7, 11) is 0. The molecular weight excluding hydrogens is 410 g/mol. The molecule has 0 saturated carbocycles. The van der Waals surface area contributed by atoms with Crippen molar-refractivity contribution in [3.05, 3.63) is 80.6 Å². The number of benzene rings is 2. The van der Waals surface area contributed by atoms with Crippen LogP contribution in [0.3, 0.4) is 0 Å². The fourth-order valence-electron chi connectivity index (χ4n) is 3.31. The normalized spacial score (nSPS) is 14.9. The van der Waals surface area contributed by atoms with Gasteiger partial charge in [0.25, 0.3) is 5.56 Å². The molecule has 0 bridgehead atoms. The van der Waals surface area contributed by atoms with E-state index in [9.17, 15) is 4.79 Å². The number of nitrogens with one attached hydrogen (secondary N) is 2. The average Bonchev–Trinajstić information content (AvgIpc) is 3.17. The molecule has 132 valence electrons. The molecule has 1 atom stereocenters. The monoisotopic (exact) mass is 421 g/mol. The van der Waals surface area contributed by atoms with Gasteiger partial charge in [0.2, 0.25) is 5.95 Å². The van der Waals surface area contributed by atoms with Gasteiger partial charge in [-0.25, -0.2) is 5.10 Å². The van der Waals surface area contributed by atoms with Gasteiger partial charge in [0, 0.05) is 15.6 Å². The van der Waals surface area contributed by atoms with Crippen molar-refractivity contribution in [3.63, 3.8) is 0 Å². The van der Waals surface area contributed by atoms with E-state index in [4.69, 9.17) is 0 Å². The fraction of sp³-hybridized carbons (Fsp3) is 0.0556. The second kappa shape index (κ2) is 6.13. The number of H-pyrrole nitrogens is 1. The minimum Gasteiger partial charge on any atom is -0.318 e. The summed E-state index contributed by atoms with van der Waals surface area (Å²) in [5.41, 5.74) is 3.32. The Morgan fingerprint density at radius 3 is 2.59 bits per heavy atom. The predicted molar refractivity (Wildman–Crippen MR) is 103 cm³/mol. The molecule has 4 aromatic rings. The van der Waals surface area contributed by atoms with Crippen molar-refractivity contribution in [2.45, 2.75) is 6.04 Å². The number of anilines is 2. The van der Waals surface area contributed by atoms with Crippen LogP contribution in [0.2, 0.25) is 0 Å². The van der Waals surface area contributed by atoms with Crippen molar-refractivity contribution >= 4 is 27.6 Å². The van der Waals surface area contributed by atoms with Crippen LogP contribution in [0.1, 0.15) is 17.2 Å². The molecule has 0 unspecified atom stereocenters. The maximum absolute atomic E-state index is 12.5. The summed E-state index contributed by atoms with van der Waals surface area (Å²) in [4.78, 5) is 12.5. The summed E-state index contributed by atoms with van der Waals surface area (Å²) in [5.74, 6) is 0.408. The maximum Gasteiger partial charge on any atom is 0.288 e. The Kier molecular flexibility index (Phi) is 3.61. The van der Waals surface area contributed by atoms with Crippen LogP contribution in [-0.4, -0.2) is 30.4 Å². The number of fused-ring (bicyclic) bond motifs is 2. The van der Waals surface area contributed by atoms with Crippen molar-refractivity contribution in [1.82, 2.24) is 30.4 Å². The summed E-state index contributed by atoms with van der Waals surface area (Å²) in [6.07, 6.45) is 0. The lowest BCUT2D eigenvalue weighted by molar-refractivity contribution is 0.567. The van der Waals surface area contributed by atoms with Crippen molar-refractivity contribution in [2.24, 2.45) is 0 Å². The first-order chi connectivity index (χ1) is 13.2.